The number of aliphatic hydroxyl groups is 1. The number of hydrogen-bond acceptors (Lipinski definition) is 7. The van der Waals surface area contributed by atoms with Crippen molar-refractivity contribution in [2.75, 3.05) is 7.11 Å². The van der Waals surface area contributed by atoms with Crippen LogP contribution in [0.2, 0.25) is 0 Å². The van der Waals surface area contributed by atoms with Crippen LogP contribution in [0.5, 0.6) is 11.5 Å². The Bertz CT molecular complexity index is 724. The monoisotopic (exact) mass is 336 g/mol. The van der Waals surface area contributed by atoms with Crippen molar-refractivity contribution in [1.82, 2.24) is 0 Å². The number of fused-ring (bicyclic) bond motifs is 1. The van der Waals surface area contributed by atoms with Gasteiger partial charge in [-0.25, -0.2) is 4.79 Å². The lowest BCUT2D eigenvalue weighted by atomic mass is 9.87. The van der Waals surface area contributed by atoms with E-state index in [0.29, 0.717) is 28.9 Å². The predicted molar refractivity (Wildman–Crippen MR) is 82.0 cm³/mol. The Kier molecular flexibility index (Phi) is 3.91. The lowest BCUT2D eigenvalue weighted by Crippen LogP contribution is -2.40. The van der Waals surface area contributed by atoms with E-state index >= 15 is 0 Å². The standard InChI is InChI=1S/C17H20O7/c1-8-10-7-23-16(21)13(10)14(20)9(15(8)22-3)6-11(18)17(2)5-4-12(19)24-17/h11,18,20H,4-7H2,1-3H3. The molecule has 2 aliphatic heterocycles. The van der Waals surface area contributed by atoms with Crippen LogP contribution >= 0.6 is 0 Å². The number of benzene rings is 1. The third-order valence-electron chi connectivity index (χ3n) is 4.92. The van der Waals surface area contributed by atoms with Gasteiger partial charge in [-0.3, -0.25) is 4.79 Å². The van der Waals surface area contributed by atoms with E-state index in [1.54, 1.807) is 13.8 Å². The number of phenolic OH excluding ortho intramolecular Hbond substituents is 1. The number of hydrogen-bond donors (Lipinski definition) is 2. The molecule has 0 bridgehead atoms. The van der Waals surface area contributed by atoms with E-state index in [1.165, 1.54) is 7.11 Å². The van der Waals surface area contributed by atoms with Crippen molar-refractivity contribution >= 4 is 11.9 Å². The number of carbonyl (C=O) groups excluding carboxylic acids is 2. The average Bonchev–Trinajstić information content (AvgIpc) is 3.09. The van der Waals surface area contributed by atoms with E-state index in [1.807, 2.05) is 0 Å². The zero-order chi connectivity index (χ0) is 17.6. The number of carbonyl (C=O) groups is 2. The summed E-state index contributed by atoms with van der Waals surface area (Å²) >= 11 is 0. The van der Waals surface area contributed by atoms with E-state index in [2.05, 4.69) is 0 Å². The molecule has 0 aliphatic carbocycles. The van der Waals surface area contributed by atoms with Crippen molar-refractivity contribution in [3.63, 3.8) is 0 Å². The maximum Gasteiger partial charge on any atom is 0.342 e. The highest BCUT2D eigenvalue weighted by Crippen LogP contribution is 2.43. The number of esters is 2. The summed E-state index contributed by atoms with van der Waals surface area (Å²) in [6.07, 6.45) is -0.423. The Morgan fingerprint density at radius 2 is 2.08 bits per heavy atom. The summed E-state index contributed by atoms with van der Waals surface area (Å²) in [6.45, 7) is 3.51. The minimum Gasteiger partial charge on any atom is -0.507 e. The zero-order valence-corrected chi connectivity index (χ0v) is 13.8. The topological polar surface area (TPSA) is 102 Å². The third-order valence-corrected chi connectivity index (χ3v) is 4.92. The minimum atomic E-state index is -1.04. The summed E-state index contributed by atoms with van der Waals surface area (Å²) in [7, 11) is 1.46. The molecule has 2 heterocycles. The van der Waals surface area contributed by atoms with Gasteiger partial charge < -0.3 is 24.4 Å². The Labute approximate surface area is 139 Å². The second-order valence-electron chi connectivity index (χ2n) is 6.42. The fourth-order valence-electron chi connectivity index (χ4n) is 3.38. The molecule has 1 fully saturated rings. The zero-order valence-electron chi connectivity index (χ0n) is 13.8. The van der Waals surface area contributed by atoms with Crippen molar-refractivity contribution in [3.05, 3.63) is 22.3 Å². The van der Waals surface area contributed by atoms with Gasteiger partial charge >= 0.3 is 11.9 Å². The second-order valence-corrected chi connectivity index (χ2v) is 6.42. The molecule has 3 rings (SSSR count). The van der Waals surface area contributed by atoms with Crippen molar-refractivity contribution in [2.45, 2.75) is 51.4 Å². The first-order valence-corrected chi connectivity index (χ1v) is 7.76. The molecule has 0 amide bonds. The molecule has 2 atom stereocenters. The molecule has 1 saturated heterocycles. The lowest BCUT2D eigenvalue weighted by Gasteiger charge is -2.29. The first-order valence-electron chi connectivity index (χ1n) is 7.76. The van der Waals surface area contributed by atoms with Gasteiger partial charge in [-0.2, -0.15) is 0 Å². The number of phenols is 1. The Hall–Kier alpha value is -2.28. The van der Waals surface area contributed by atoms with Gasteiger partial charge in [-0.05, 0) is 25.8 Å². The molecular formula is C17H20O7. The van der Waals surface area contributed by atoms with Gasteiger partial charge in [0, 0.05) is 24.0 Å². The summed E-state index contributed by atoms with van der Waals surface area (Å²) in [5.74, 6) is -0.803. The van der Waals surface area contributed by atoms with Gasteiger partial charge in [0.2, 0.25) is 0 Å². The first-order chi connectivity index (χ1) is 11.3. The van der Waals surface area contributed by atoms with Crippen LogP contribution in [-0.2, 0) is 27.3 Å². The van der Waals surface area contributed by atoms with Crippen LogP contribution in [0.15, 0.2) is 0 Å². The molecule has 0 radical (unpaired) electrons. The molecule has 1 aromatic rings. The van der Waals surface area contributed by atoms with E-state index in [4.69, 9.17) is 14.2 Å². The SMILES string of the molecule is COc1c(C)c2c(c(O)c1CC(O)C1(C)CCC(=O)O1)C(=O)OC2. The number of cyclic esters (lactones) is 2. The highest BCUT2D eigenvalue weighted by atomic mass is 16.6. The van der Waals surface area contributed by atoms with E-state index in [-0.39, 0.29) is 36.7 Å². The number of aromatic hydroxyl groups is 1. The molecule has 2 N–H and O–H groups in total. The van der Waals surface area contributed by atoms with Crippen LogP contribution in [0.3, 0.4) is 0 Å². The fourth-order valence-corrected chi connectivity index (χ4v) is 3.38. The van der Waals surface area contributed by atoms with E-state index < -0.39 is 17.7 Å². The molecule has 130 valence electrons. The summed E-state index contributed by atoms with van der Waals surface area (Å²) < 4.78 is 15.6. The highest BCUT2D eigenvalue weighted by Gasteiger charge is 2.43. The number of methoxy groups -OCH3 is 1. The smallest absolute Gasteiger partial charge is 0.342 e. The van der Waals surface area contributed by atoms with Gasteiger partial charge in [0.15, 0.2) is 0 Å². The predicted octanol–water partition coefficient (Wildman–Crippen LogP) is 1.38. The summed E-state index contributed by atoms with van der Waals surface area (Å²) in [5, 5.41) is 21.1. The molecule has 7 nitrogen and oxygen atoms in total. The maximum atomic E-state index is 11.9. The Morgan fingerprint density at radius 1 is 1.38 bits per heavy atom. The second kappa shape index (κ2) is 5.66. The van der Waals surface area contributed by atoms with Gasteiger partial charge in [0.25, 0.3) is 0 Å². The van der Waals surface area contributed by atoms with Crippen LogP contribution in [-0.4, -0.2) is 41.0 Å². The third kappa shape index (κ3) is 2.39. The normalized spacial score (nSPS) is 23.7. The first kappa shape index (κ1) is 16.6. The molecule has 0 aromatic heterocycles. The van der Waals surface area contributed by atoms with Crippen molar-refractivity contribution < 1.29 is 34.0 Å². The fraction of sp³-hybridized carbons (Fsp3) is 0.529. The summed E-state index contributed by atoms with van der Waals surface area (Å²) in [4.78, 5) is 23.3. The molecule has 1 aromatic carbocycles. The van der Waals surface area contributed by atoms with Crippen molar-refractivity contribution in [1.29, 1.82) is 0 Å². The van der Waals surface area contributed by atoms with E-state index in [9.17, 15) is 19.8 Å². The Morgan fingerprint density at radius 3 is 2.67 bits per heavy atom. The van der Waals surface area contributed by atoms with Crippen LogP contribution < -0.4 is 4.74 Å². The van der Waals surface area contributed by atoms with Gasteiger partial charge in [0.05, 0.1) is 13.2 Å². The van der Waals surface area contributed by atoms with Gasteiger partial charge in [-0.1, -0.05) is 0 Å². The largest absolute Gasteiger partial charge is 0.507 e. The molecule has 0 spiro atoms. The van der Waals surface area contributed by atoms with E-state index in [0.717, 1.165) is 0 Å². The van der Waals surface area contributed by atoms with Crippen LogP contribution in [0, 0.1) is 6.92 Å². The molecular weight excluding hydrogens is 316 g/mol. The molecule has 24 heavy (non-hydrogen) atoms. The minimum absolute atomic E-state index is 0.0137. The summed E-state index contributed by atoms with van der Waals surface area (Å²) in [6, 6.07) is 0. The van der Waals surface area contributed by atoms with Gasteiger partial charge in [0.1, 0.15) is 29.3 Å². The lowest BCUT2D eigenvalue weighted by molar-refractivity contribution is -0.156. The van der Waals surface area contributed by atoms with Crippen LogP contribution in [0.1, 0.15) is 46.8 Å². The van der Waals surface area contributed by atoms with Crippen LogP contribution in [0.25, 0.3) is 0 Å². The average molecular weight is 336 g/mol. The van der Waals surface area contributed by atoms with Crippen molar-refractivity contribution in [2.24, 2.45) is 0 Å². The molecule has 7 heteroatoms. The van der Waals surface area contributed by atoms with Crippen molar-refractivity contribution in [3.8, 4) is 11.5 Å². The number of ether oxygens (including phenoxy) is 3. The number of rotatable bonds is 4. The summed E-state index contributed by atoms with van der Waals surface area (Å²) in [5.41, 5.74) is 0.675. The quantitative estimate of drug-likeness (QED) is 0.801. The van der Waals surface area contributed by atoms with Gasteiger partial charge in [-0.15, -0.1) is 0 Å². The molecule has 2 unspecified atom stereocenters. The molecule has 0 saturated carbocycles. The number of aliphatic hydroxyl groups excluding tert-OH is 1. The maximum absolute atomic E-state index is 11.9. The van der Waals surface area contributed by atoms with Crippen LogP contribution in [0.4, 0.5) is 0 Å². The molecule has 2 aliphatic rings. The highest BCUT2D eigenvalue weighted by molar-refractivity contribution is 5.98. The Balaban J connectivity index is 2.02.